The first-order valence-corrected chi connectivity index (χ1v) is 13.7. The number of nitrogens with one attached hydrogen (secondary N) is 1. The third-order valence-corrected chi connectivity index (χ3v) is 7.99. The molecule has 2 aliphatic heterocycles. The third kappa shape index (κ3) is 4.87. The number of carbonyl (C=O) groups is 1. The molecule has 1 aromatic carbocycles. The number of para-hydroxylation sites is 2. The summed E-state index contributed by atoms with van der Waals surface area (Å²) in [4.78, 5) is 31.0. The Kier molecular flexibility index (Phi) is 7.59. The molecule has 9 heteroatoms. The van der Waals surface area contributed by atoms with Gasteiger partial charge in [-0.1, -0.05) is 12.1 Å². The number of ether oxygens (including phenoxy) is 2. The SMILES string of the molecule is CCOC1OC(C(=O)N2CCC(n3c(=O)[nH]c4ccccc43)CC2)=CC(c2ccsc2)C1CCCO. The molecule has 2 N–H and O–H groups in total. The van der Waals surface area contributed by atoms with E-state index in [0.29, 0.717) is 44.7 Å². The number of benzene rings is 1. The Morgan fingerprint density at radius 3 is 2.78 bits per heavy atom. The molecular weight excluding hydrogens is 478 g/mol. The number of nitrogens with zero attached hydrogens (tertiary/aromatic N) is 2. The number of likely N-dealkylation sites (tertiary alicyclic amines) is 1. The van der Waals surface area contributed by atoms with Gasteiger partial charge in [0.2, 0.25) is 6.29 Å². The highest BCUT2D eigenvalue weighted by molar-refractivity contribution is 7.08. The number of aliphatic hydroxyl groups is 1. The molecule has 1 amide bonds. The van der Waals surface area contributed by atoms with Gasteiger partial charge in [-0.3, -0.25) is 9.36 Å². The van der Waals surface area contributed by atoms with Crippen LogP contribution < -0.4 is 5.69 Å². The first-order chi connectivity index (χ1) is 17.6. The van der Waals surface area contributed by atoms with Gasteiger partial charge in [-0.15, -0.1) is 0 Å². The number of aromatic nitrogens is 2. The van der Waals surface area contributed by atoms with Crippen molar-refractivity contribution in [2.24, 2.45) is 5.92 Å². The Bertz CT molecular complexity index is 1260. The smallest absolute Gasteiger partial charge is 0.326 e. The molecule has 0 saturated carbocycles. The van der Waals surface area contributed by atoms with Gasteiger partial charge in [0.25, 0.3) is 5.91 Å². The molecule has 0 aliphatic carbocycles. The second-order valence-electron chi connectivity index (χ2n) is 9.43. The minimum atomic E-state index is -0.544. The molecule has 5 rings (SSSR count). The molecule has 36 heavy (non-hydrogen) atoms. The minimum absolute atomic E-state index is 0.0164. The highest BCUT2D eigenvalue weighted by Gasteiger charge is 2.39. The van der Waals surface area contributed by atoms with Crippen LogP contribution in [0.4, 0.5) is 0 Å². The van der Waals surface area contributed by atoms with Crippen LogP contribution in [0.1, 0.15) is 50.1 Å². The van der Waals surface area contributed by atoms with Gasteiger partial charge < -0.3 is 24.5 Å². The number of H-pyrrole nitrogens is 1. The third-order valence-electron chi connectivity index (χ3n) is 7.29. The maximum absolute atomic E-state index is 13.6. The van der Waals surface area contributed by atoms with Crippen LogP contribution in [0.3, 0.4) is 0 Å². The molecule has 3 unspecified atom stereocenters. The zero-order valence-corrected chi connectivity index (χ0v) is 21.3. The number of allylic oxidation sites excluding steroid dienone is 1. The van der Waals surface area contributed by atoms with Crippen molar-refractivity contribution >= 4 is 28.3 Å². The molecule has 2 aliphatic rings. The van der Waals surface area contributed by atoms with Crippen LogP contribution in [0.5, 0.6) is 0 Å². The summed E-state index contributed by atoms with van der Waals surface area (Å²) < 4.78 is 14.0. The van der Waals surface area contributed by atoms with Crippen molar-refractivity contribution in [1.82, 2.24) is 14.5 Å². The van der Waals surface area contributed by atoms with Crippen LogP contribution in [0.15, 0.2) is 57.7 Å². The van der Waals surface area contributed by atoms with E-state index in [4.69, 9.17) is 9.47 Å². The summed E-state index contributed by atoms with van der Waals surface area (Å²) in [6.07, 6.45) is 4.18. The normalized spacial score (nSPS) is 23.0. The molecule has 0 radical (unpaired) electrons. The second-order valence-corrected chi connectivity index (χ2v) is 10.2. The first kappa shape index (κ1) is 24.8. The molecule has 4 heterocycles. The van der Waals surface area contributed by atoms with Crippen LogP contribution in [-0.4, -0.2) is 58.1 Å². The number of imidazole rings is 1. The van der Waals surface area contributed by atoms with E-state index in [2.05, 4.69) is 16.4 Å². The molecule has 1 saturated heterocycles. The van der Waals surface area contributed by atoms with E-state index in [9.17, 15) is 14.7 Å². The number of amides is 1. The molecule has 2 aromatic heterocycles. The Labute approximate surface area is 214 Å². The van der Waals surface area contributed by atoms with E-state index in [1.165, 1.54) is 0 Å². The first-order valence-electron chi connectivity index (χ1n) is 12.7. The van der Waals surface area contributed by atoms with Gasteiger partial charge >= 0.3 is 5.69 Å². The number of aliphatic hydroxyl groups excluding tert-OH is 1. The van der Waals surface area contributed by atoms with E-state index in [1.807, 2.05) is 52.1 Å². The predicted octanol–water partition coefficient (Wildman–Crippen LogP) is 4.00. The Morgan fingerprint density at radius 1 is 1.25 bits per heavy atom. The van der Waals surface area contributed by atoms with Crippen LogP contribution in [-0.2, 0) is 14.3 Å². The highest BCUT2D eigenvalue weighted by atomic mass is 32.1. The summed E-state index contributed by atoms with van der Waals surface area (Å²) in [5.41, 5.74) is 2.77. The fraction of sp³-hybridized carbons (Fsp3) is 0.481. The predicted molar refractivity (Wildman–Crippen MR) is 139 cm³/mol. The van der Waals surface area contributed by atoms with Gasteiger partial charge in [-0.05, 0) is 73.2 Å². The quantitative estimate of drug-likeness (QED) is 0.477. The average Bonchev–Trinajstić information content (AvgIpc) is 3.55. The van der Waals surface area contributed by atoms with Crippen LogP contribution in [0, 0.1) is 5.92 Å². The van der Waals surface area contributed by atoms with Crippen LogP contribution in [0.25, 0.3) is 11.0 Å². The number of carbonyl (C=O) groups excluding carboxylic acids is 1. The van der Waals surface area contributed by atoms with Gasteiger partial charge in [0.05, 0.1) is 11.0 Å². The zero-order chi connectivity index (χ0) is 25.1. The number of piperidine rings is 1. The Morgan fingerprint density at radius 2 is 2.06 bits per heavy atom. The number of thiophene rings is 1. The minimum Gasteiger partial charge on any atom is -0.459 e. The van der Waals surface area contributed by atoms with Crippen molar-refractivity contribution in [2.45, 2.75) is 50.9 Å². The lowest BCUT2D eigenvalue weighted by molar-refractivity contribution is -0.170. The van der Waals surface area contributed by atoms with Crippen molar-refractivity contribution in [1.29, 1.82) is 0 Å². The van der Waals surface area contributed by atoms with Crippen molar-refractivity contribution in [3.05, 3.63) is 69.0 Å². The lowest BCUT2D eigenvalue weighted by Crippen LogP contribution is -2.44. The van der Waals surface area contributed by atoms with E-state index in [1.54, 1.807) is 11.3 Å². The molecule has 8 nitrogen and oxygen atoms in total. The standard InChI is InChI=1S/C27H33N3O5S/c1-2-34-26-20(6-5-14-31)21(18-11-15-36-17-18)16-24(35-26)25(32)29-12-9-19(10-13-29)30-23-8-4-3-7-22(23)28-27(30)33/h3-4,7-8,11,15-17,19-21,26,31H,2,5-6,9-10,12-14H2,1H3,(H,28,33). The molecular formula is C27H33N3O5S. The van der Waals surface area contributed by atoms with Crippen molar-refractivity contribution in [3.8, 4) is 0 Å². The number of hydrogen-bond acceptors (Lipinski definition) is 6. The molecule has 0 bridgehead atoms. The van der Waals surface area contributed by atoms with Crippen LogP contribution in [0.2, 0.25) is 0 Å². The molecule has 192 valence electrons. The summed E-state index contributed by atoms with van der Waals surface area (Å²) >= 11 is 1.63. The Balaban J connectivity index is 1.34. The van der Waals surface area contributed by atoms with E-state index >= 15 is 0 Å². The zero-order valence-electron chi connectivity index (χ0n) is 20.5. The van der Waals surface area contributed by atoms with Gasteiger partial charge in [0.1, 0.15) is 0 Å². The maximum Gasteiger partial charge on any atom is 0.326 e. The van der Waals surface area contributed by atoms with E-state index in [0.717, 1.165) is 23.0 Å². The fourth-order valence-corrected chi connectivity index (χ4v) is 6.23. The number of fused-ring (bicyclic) bond motifs is 1. The number of rotatable bonds is 8. The molecule has 0 spiro atoms. The van der Waals surface area contributed by atoms with Crippen LogP contribution >= 0.6 is 11.3 Å². The summed E-state index contributed by atoms with van der Waals surface area (Å²) in [5.74, 6) is 0.190. The molecule has 3 atom stereocenters. The number of hydrogen-bond donors (Lipinski definition) is 2. The van der Waals surface area contributed by atoms with E-state index in [-0.39, 0.29) is 36.1 Å². The largest absolute Gasteiger partial charge is 0.459 e. The summed E-state index contributed by atoms with van der Waals surface area (Å²) in [6, 6.07) is 9.83. The average molecular weight is 512 g/mol. The number of aromatic amines is 1. The summed E-state index contributed by atoms with van der Waals surface area (Å²) in [5, 5.41) is 13.6. The van der Waals surface area contributed by atoms with Gasteiger partial charge in [-0.2, -0.15) is 11.3 Å². The van der Waals surface area contributed by atoms with Crippen molar-refractivity contribution in [3.63, 3.8) is 0 Å². The lowest BCUT2D eigenvalue weighted by Gasteiger charge is -2.39. The van der Waals surface area contributed by atoms with Crippen molar-refractivity contribution < 1.29 is 19.4 Å². The topological polar surface area (TPSA) is 96.8 Å². The van der Waals surface area contributed by atoms with Crippen molar-refractivity contribution in [2.75, 3.05) is 26.3 Å². The van der Waals surface area contributed by atoms with Gasteiger partial charge in [0.15, 0.2) is 5.76 Å². The monoisotopic (exact) mass is 511 g/mol. The highest BCUT2D eigenvalue weighted by Crippen LogP contribution is 2.40. The second kappa shape index (κ2) is 11.0. The lowest BCUT2D eigenvalue weighted by atomic mass is 9.81. The fourth-order valence-electron chi connectivity index (χ4n) is 5.52. The Hall–Kier alpha value is -2.88. The van der Waals surface area contributed by atoms with E-state index < -0.39 is 6.29 Å². The summed E-state index contributed by atoms with van der Waals surface area (Å²) in [7, 11) is 0. The van der Waals surface area contributed by atoms with Gasteiger partial charge in [0, 0.05) is 44.2 Å². The van der Waals surface area contributed by atoms with Gasteiger partial charge in [-0.25, -0.2) is 4.79 Å². The molecule has 3 aromatic rings. The molecule has 1 fully saturated rings. The summed E-state index contributed by atoms with van der Waals surface area (Å²) in [6.45, 7) is 3.60. The maximum atomic E-state index is 13.6.